The molecule has 8 rings (SSSR count). The Kier molecular flexibility index (Phi) is 4.50. The lowest BCUT2D eigenvalue weighted by atomic mass is 9.95. The molecule has 2 heterocycles. The Morgan fingerprint density at radius 1 is 0.368 bits per heavy atom. The van der Waals surface area contributed by atoms with Gasteiger partial charge in [0.05, 0.1) is 16.6 Å². The Hall–Kier alpha value is -4.88. The Labute approximate surface area is 221 Å². The number of benzene rings is 6. The molecule has 0 aliphatic heterocycles. The standard InChI is InChI=1S/C37H25N/c1-24-19-33-31-15-5-6-16-35(31)38-36-18-17-30(23-32(36)34(20-24)37(33)38)29-14-8-13-28(22-29)27-12-7-11-26(21-27)25-9-3-2-4-10-25/h2-23H,1H3. The van der Waals surface area contributed by atoms with E-state index < -0.39 is 0 Å². The molecule has 0 N–H and O–H groups in total. The van der Waals surface area contributed by atoms with Crippen molar-refractivity contribution in [2.24, 2.45) is 0 Å². The van der Waals surface area contributed by atoms with Gasteiger partial charge in [-0.2, -0.15) is 0 Å². The van der Waals surface area contributed by atoms with E-state index in [1.165, 1.54) is 77.0 Å². The van der Waals surface area contributed by atoms with Crippen molar-refractivity contribution in [1.82, 2.24) is 4.40 Å². The highest BCUT2D eigenvalue weighted by Gasteiger charge is 2.18. The molecular formula is C37H25N. The maximum atomic E-state index is 2.45. The van der Waals surface area contributed by atoms with E-state index in [9.17, 15) is 0 Å². The van der Waals surface area contributed by atoms with E-state index in [0.717, 1.165) is 0 Å². The van der Waals surface area contributed by atoms with Crippen molar-refractivity contribution < 1.29 is 0 Å². The van der Waals surface area contributed by atoms with Crippen molar-refractivity contribution in [1.29, 1.82) is 0 Å². The van der Waals surface area contributed by atoms with Crippen molar-refractivity contribution in [2.45, 2.75) is 6.92 Å². The molecule has 1 heteroatoms. The van der Waals surface area contributed by atoms with Crippen molar-refractivity contribution in [3.8, 4) is 33.4 Å². The number of hydrogen-bond acceptors (Lipinski definition) is 0. The van der Waals surface area contributed by atoms with Gasteiger partial charge >= 0.3 is 0 Å². The summed E-state index contributed by atoms with van der Waals surface area (Å²) in [5, 5.41) is 5.31. The van der Waals surface area contributed by atoms with Crippen molar-refractivity contribution in [3.05, 3.63) is 139 Å². The van der Waals surface area contributed by atoms with Gasteiger partial charge in [0.2, 0.25) is 0 Å². The molecule has 0 aliphatic carbocycles. The van der Waals surface area contributed by atoms with E-state index in [1.807, 2.05) is 0 Å². The van der Waals surface area contributed by atoms with Crippen LogP contribution in [0.4, 0.5) is 0 Å². The van der Waals surface area contributed by atoms with E-state index in [1.54, 1.807) is 0 Å². The fourth-order valence-corrected chi connectivity index (χ4v) is 6.21. The lowest BCUT2D eigenvalue weighted by molar-refractivity contribution is 1.37. The Balaban J connectivity index is 1.29. The predicted octanol–water partition coefficient (Wildman–Crippen LogP) is 10.1. The summed E-state index contributed by atoms with van der Waals surface area (Å²) in [6.07, 6.45) is 0. The van der Waals surface area contributed by atoms with Gasteiger partial charge in [-0.1, -0.05) is 91.0 Å². The van der Waals surface area contributed by atoms with Crippen molar-refractivity contribution >= 4 is 38.1 Å². The molecule has 6 aromatic carbocycles. The lowest BCUT2D eigenvalue weighted by Gasteiger charge is -2.09. The highest BCUT2D eigenvalue weighted by molar-refractivity contribution is 6.23. The first kappa shape index (κ1) is 21.2. The van der Waals surface area contributed by atoms with Gasteiger partial charge in [-0.05, 0) is 88.3 Å². The maximum absolute atomic E-state index is 2.45. The quantitative estimate of drug-likeness (QED) is 0.235. The zero-order chi connectivity index (χ0) is 25.2. The molecule has 0 saturated carbocycles. The van der Waals surface area contributed by atoms with Crippen LogP contribution in [0.25, 0.3) is 71.5 Å². The van der Waals surface area contributed by atoms with Crippen LogP contribution in [-0.4, -0.2) is 4.40 Å². The molecule has 8 aromatic rings. The first-order valence-electron chi connectivity index (χ1n) is 13.2. The molecule has 0 saturated heterocycles. The van der Waals surface area contributed by atoms with Crippen LogP contribution < -0.4 is 0 Å². The van der Waals surface area contributed by atoms with Crippen LogP contribution in [0.3, 0.4) is 0 Å². The molecule has 0 atom stereocenters. The molecule has 0 unspecified atom stereocenters. The van der Waals surface area contributed by atoms with E-state index >= 15 is 0 Å². The number of hydrogen-bond donors (Lipinski definition) is 0. The summed E-state index contributed by atoms with van der Waals surface area (Å²) < 4.78 is 2.45. The molecule has 0 spiro atoms. The van der Waals surface area contributed by atoms with Crippen LogP contribution >= 0.6 is 0 Å². The second-order valence-corrected chi connectivity index (χ2v) is 10.3. The molecule has 0 bridgehead atoms. The zero-order valence-corrected chi connectivity index (χ0v) is 21.1. The first-order valence-corrected chi connectivity index (χ1v) is 13.2. The molecular weight excluding hydrogens is 458 g/mol. The maximum Gasteiger partial charge on any atom is 0.0620 e. The van der Waals surface area contributed by atoms with Crippen LogP contribution in [-0.2, 0) is 0 Å². The fourth-order valence-electron chi connectivity index (χ4n) is 6.21. The van der Waals surface area contributed by atoms with Gasteiger partial charge < -0.3 is 4.40 Å². The topological polar surface area (TPSA) is 4.41 Å². The molecule has 1 nitrogen and oxygen atoms in total. The number of para-hydroxylation sites is 1. The van der Waals surface area contributed by atoms with Crippen LogP contribution in [0.1, 0.15) is 5.56 Å². The summed E-state index contributed by atoms with van der Waals surface area (Å²) in [5.74, 6) is 0. The number of rotatable bonds is 3. The molecule has 0 amide bonds. The average molecular weight is 484 g/mol. The van der Waals surface area contributed by atoms with Gasteiger partial charge in [0, 0.05) is 21.5 Å². The van der Waals surface area contributed by atoms with Gasteiger partial charge in [-0.25, -0.2) is 0 Å². The Morgan fingerprint density at radius 3 is 1.61 bits per heavy atom. The number of aryl methyl sites for hydroxylation is 1. The number of fused-ring (bicyclic) bond motifs is 6. The third-order valence-corrected chi connectivity index (χ3v) is 7.94. The summed E-state index contributed by atoms with van der Waals surface area (Å²) >= 11 is 0. The second-order valence-electron chi connectivity index (χ2n) is 10.3. The molecule has 0 aliphatic rings. The zero-order valence-electron chi connectivity index (χ0n) is 21.1. The Bertz CT molecular complexity index is 2130. The smallest absolute Gasteiger partial charge is 0.0620 e. The van der Waals surface area contributed by atoms with Crippen molar-refractivity contribution in [3.63, 3.8) is 0 Å². The molecule has 2 aromatic heterocycles. The molecule has 38 heavy (non-hydrogen) atoms. The number of aromatic nitrogens is 1. The minimum Gasteiger partial charge on any atom is -0.308 e. The van der Waals surface area contributed by atoms with Gasteiger partial charge in [0.1, 0.15) is 0 Å². The Morgan fingerprint density at radius 2 is 0.895 bits per heavy atom. The van der Waals surface area contributed by atoms with E-state index in [-0.39, 0.29) is 0 Å². The summed E-state index contributed by atoms with van der Waals surface area (Å²) in [5.41, 5.74) is 12.6. The van der Waals surface area contributed by atoms with E-state index in [2.05, 4.69) is 145 Å². The van der Waals surface area contributed by atoms with Crippen LogP contribution in [0.2, 0.25) is 0 Å². The first-order chi connectivity index (χ1) is 18.7. The van der Waals surface area contributed by atoms with Gasteiger partial charge in [0.25, 0.3) is 0 Å². The molecule has 0 radical (unpaired) electrons. The van der Waals surface area contributed by atoms with E-state index in [4.69, 9.17) is 0 Å². The summed E-state index contributed by atoms with van der Waals surface area (Å²) in [6.45, 7) is 2.21. The van der Waals surface area contributed by atoms with Gasteiger partial charge in [0.15, 0.2) is 0 Å². The lowest BCUT2D eigenvalue weighted by Crippen LogP contribution is -1.84. The summed E-state index contributed by atoms with van der Waals surface area (Å²) in [7, 11) is 0. The summed E-state index contributed by atoms with van der Waals surface area (Å²) in [6, 6.07) is 48.8. The minimum absolute atomic E-state index is 1.23. The molecule has 0 fully saturated rings. The monoisotopic (exact) mass is 483 g/mol. The average Bonchev–Trinajstić information content (AvgIpc) is 3.48. The molecule has 178 valence electrons. The van der Waals surface area contributed by atoms with Gasteiger partial charge in [-0.15, -0.1) is 0 Å². The third-order valence-electron chi connectivity index (χ3n) is 7.94. The van der Waals surface area contributed by atoms with Crippen LogP contribution in [0, 0.1) is 6.92 Å². The second kappa shape index (κ2) is 8.06. The minimum atomic E-state index is 1.23. The highest BCUT2D eigenvalue weighted by atomic mass is 14.9. The fraction of sp³-hybridized carbons (Fsp3) is 0.0270. The third kappa shape index (κ3) is 3.12. The van der Waals surface area contributed by atoms with Gasteiger partial charge in [-0.3, -0.25) is 0 Å². The van der Waals surface area contributed by atoms with E-state index in [0.29, 0.717) is 0 Å². The van der Waals surface area contributed by atoms with Crippen LogP contribution in [0.15, 0.2) is 133 Å². The largest absolute Gasteiger partial charge is 0.308 e. The normalized spacial score (nSPS) is 11.8. The van der Waals surface area contributed by atoms with Crippen LogP contribution in [0.5, 0.6) is 0 Å². The summed E-state index contributed by atoms with van der Waals surface area (Å²) in [4.78, 5) is 0. The SMILES string of the molecule is Cc1cc2c3ccccc3n3c4ccc(-c5cccc(-c6cccc(-c7ccccc7)c6)c5)cc4c(c1)c23. The predicted molar refractivity (Wildman–Crippen MR) is 162 cm³/mol. The van der Waals surface area contributed by atoms with Crippen molar-refractivity contribution in [2.75, 3.05) is 0 Å². The highest BCUT2D eigenvalue weighted by Crippen LogP contribution is 2.41. The number of nitrogens with zero attached hydrogens (tertiary/aromatic N) is 1.